The van der Waals surface area contributed by atoms with Crippen molar-refractivity contribution in [2.45, 2.75) is 38.8 Å². The molecule has 1 saturated heterocycles. The summed E-state index contributed by atoms with van der Waals surface area (Å²) in [5.74, 6) is 2.00. The highest BCUT2D eigenvalue weighted by Gasteiger charge is 2.44. The second-order valence-electron chi connectivity index (χ2n) is 5.52. The third-order valence-electron chi connectivity index (χ3n) is 4.36. The maximum absolute atomic E-state index is 6.31. The molecule has 1 aromatic rings. The van der Waals surface area contributed by atoms with Gasteiger partial charge in [-0.15, -0.1) is 0 Å². The number of piperidine rings is 1. The van der Waals surface area contributed by atoms with Crippen molar-refractivity contribution < 1.29 is 0 Å². The fraction of sp³-hybridized carbons (Fsp3) is 0.500. The highest BCUT2D eigenvalue weighted by molar-refractivity contribution is 6.33. The molecule has 1 aromatic carbocycles. The number of hydrogen-bond donors (Lipinski definition) is 0. The van der Waals surface area contributed by atoms with Gasteiger partial charge in [-0.1, -0.05) is 17.7 Å². The zero-order chi connectivity index (χ0) is 11.6. The van der Waals surface area contributed by atoms with Crippen LogP contribution in [0.4, 0.5) is 5.69 Å². The van der Waals surface area contributed by atoms with E-state index in [2.05, 4.69) is 17.9 Å². The Morgan fingerprint density at radius 3 is 3.12 bits per heavy atom. The summed E-state index contributed by atoms with van der Waals surface area (Å²) in [6, 6.07) is 4.99. The summed E-state index contributed by atoms with van der Waals surface area (Å²) in [5, 5.41) is 0.815. The quantitative estimate of drug-likeness (QED) is 0.682. The van der Waals surface area contributed by atoms with E-state index in [0.29, 0.717) is 5.92 Å². The van der Waals surface area contributed by atoms with Crippen molar-refractivity contribution in [3.8, 4) is 0 Å². The number of amidine groups is 1. The van der Waals surface area contributed by atoms with Crippen molar-refractivity contribution in [3.05, 3.63) is 28.3 Å². The molecule has 0 amide bonds. The van der Waals surface area contributed by atoms with E-state index >= 15 is 0 Å². The number of aryl methyl sites for hydroxylation is 1. The predicted molar refractivity (Wildman–Crippen MR) is 70.0 cm³/mol. The molecule has 4 rings (SSSR count). The number of benzene rings is 1. The van der Waals surface area contributed by atoms with Crippen molar-refractivity contribution >= 4 is 23.1 Å². The molecule has 1 aliphatic carbocycles. The molecule has 0 N–H and O–H groups in total. The Hall–Kier alpha value is -1.02. The summed E-state index contributed by atoms with van der Waals surface area (Å²) in [5.41, 5.74) is 3.55. The number of rotatable bonds is 0. The molecule has 2 fully saturated rings. The minimum absolute atomic E-state index is 0.700. The summed E-state index contributed by atoms with van der Waals surface area (Å²) >= 11 is 6.31. The lowest BCUT2D eigenvalue weighted by molar-refractivity contribution is 0.317. The molecule has 0 spiro atoms. The maximum atomic E-state index is 6.31. The van der Waals surface area contributed by atoms with Gasteiger partial charge in [-0.05, 0) is 43.4 Å². The van der Waals surface area contributed by atoms with E-state index in [0.717, 1.165) is 23.3 Å². The van der Waals surface area contributed by atoms with E-state index < -0.39 is 0 Å². The van der Waals surface area contributed by atoms with Crippen LogP contribution in [-0.2, 0) is 6.54 Å². The molecule has 2 unspecified atom stereocenters. The van der Waals surface area contributed by atoms with Gasteiger partial charge in [-0.2, -0.15) is 0 Å². The Morgan fingerprint density at radius 2 is 2.24 bits per heavy atom. The minimum Gasteiger partial charge on any atom is -0.352 e. The lowest BCUT2D eigenvalue weighted by Crippen LogP contribution is -2.38. The number of halogens is 1. The number of aliphatic imine (C=N–C) groups is 1. The van der Waals surface area contributed by atoms with Crippen LogP contribution in [0.2, 0.25) is 5.02 Å². The highest BCUT2D eigenvalue weighted by Crippen LogP contribution is 2.45. The third kappa shape index (κ3) is 1.30. The van der Waals surface area contributed by atoms with Crippen LogP contribution < -0.4 is 0 Å². The highest BCUT2D eigenvalue weighted by atomic mass is 35.5. The van der Waals surface area contributed by atoms with Gasteiger partial charge < -0.3 is 4.90 Å². The van der Waals surface area contributed by atoms with Crippen molar-refractivity contribution in [1.82, 2.24) is 4.90 Å². The van der Waals surface area contributed by atoms with Crippen molar-refractivity contribution in [3.63, 3.8) is 0 Å². The van der Waals surface area contributed by atoms with Crippen LogP contribution in [0.3, 0.4) is 0 Å². The van der Waals surface area contributed by atoms with Gasteiger partial charge in [0, 0.05) is 18.5 Å². The van der Waals surface area contributed by atoms with Gasteiger partial charge in [0.05, 0.1) is 10.7 Å². The molecular formula is C14H15ClN2. The average Bonchev–Trinajstić information content (AvgIpc) is 2.87. The smallest absolute Gasteiger partial charge is 0.109 e. The normalized spacial score (nSPS) is 29.1. The van der Waals surface area contributed by atoms with Crippen molar-refractivity contribution in [2.24, 2.45) is 10.9 Å². The standard InChI is InChI=1S/C14H15ClN2/c1-8-4-10-7-17-11-3-2-9(6-11)14(17)16-13(10)12(15)5-8/h4-5,9,11H,2-3,6-7H2,1H3. The predicted octanol–water partition coefficient (Wildman–Crippen LogP) is 3.68. The summed E-state index contributed by atoms with van der Waals surface area (Å²) in [6.07, 6.45) is 3.97. The average molecular weight is 247 g/mol. The second-order valence-corrected chi connectivity index (χ2v) is 5.92. The summed E-state index contributed by atoms with van der Waals surface area (Å²) < 4.78 is 0. The zero-order valence-electron chi connectivity index (χ0n) is 9.91. The maximum Gasteiger partial charge on any atom is 0.109 e. The number of fused-ring (bicyclic) bond motifs is 6. The van der Waals surface area contributed by atoms with E-state index in [1.165, 1.54) is 36.2 Å². The largest absolute Gasteiger partial charge is 0.352 e. The molecule has 88 valence electrons. The minimum atomic E-state index is 0.700. The molecule has 2 nitrogen and oxygen atoms in total. The first-order valence-electron chi connectivity index (χ1n) is 6.36. The van der Waals surface area contributed by atoms with Crippen LogP contribution >= 0.6 is 11.6 Å². The van der Waals surface area contributed by atoms with E-state index in [4.69, 9.17) is 16.6 Å². The third-order valence-corrected chi connectivity index (χ3v) is 4.65. The van der Waals surface area contributed by atoms with Crippen LogP contribution in [0.5, 0.6) is 0 Å². The van der Waals surface area contributed by atoms with E-state index in [9.17, 15) is 0 Å². The monoisotopic (exact) mass is 246 g/mol. The summed E-state index contributed by atoms with van der Waals surface area (Å²) in [6.45, 7) is 3.11. The SMILES string of the molecule is Cc1cc(Cl)c2c(c1)CN1C(=N2)C2CCC1C2. The van der Waals surface area contributed by atoms with Gasteiger partial charge in [-0.25, -0.2) is 4.99 Å². The van der Waals surface area contributed by atoms with Gasteiger partial charge in [0.1, 0.15) is 5.84 Å². The van der Waals surface area contributed by atoms with Gasteiger partial charge >= 0.3 is 0 Å². The van der Waals surface area contributed by atoms with Crippen LogP contribution in [-0.4, -0.2) is 16.8 Å². The fourth-order valence-corrected chi connectivity index (χ4v) is 3.95. The molecule has 3 aliphatic rings. The molecule has 2 atom stereocenters. The molecule has 3 heteroatoms. The van der Waals surface area contributed by atoms with Gasteiger partial charge in [0.25, 0.3) is 0 Å². The van der Waals surface area contributed by atoms with Crippen LogP contribution in [0.1, 0.15) is 30.4 Å². The van der Waals surface area contributed by atoms with Crippen LogP contribution in [0.15, 0.2) is 17.1 Å². The van der Waals surface area contributed by atoms with Crippen LogP contribution in [0, 0.1) is 12.8 Å². The topological polar surface area (TPSA) is 15.6 Å². The Balaban J connectivity index is 1.88. The Labute approximate surface area is 106 Å². The van der Waals surface area contributed by atoms with Crippen molar-refractivity contribution in [1.29, 1.82) is 0 Å². The Morgan fingerprint density at radius 1 is 1.35 bits per heavy atom. The first kappa shape index (κ1) is 9.95. The summed E-state index contributed by atoms with van der Waals surface area (Å²) in [4.78, 5) is 7.35. The second kappa shape index (κ2) is 3.26. The molecule has 2 aliphatic heterocycles. The molecule has 17 heavy (non-hydrogen) atoms. The first-order valence-corrected chi connectivity index (χ1v) is 6.74. The molecule has 2 heterocycles. The van der Waals surface area contributed by atoms with Crippen LogP contribution in [0.25, 0.3) is 0 Å². The Bertz CT molecular complexity index is 535. The molecule has 0 aromatic heterocycles. The molecule has 0 radical (unpaired) electrons. The number of nitrogens with zero attached hydrogens (tertiary/aromatic N) is 2. The van der Waals surface area contributed by atoms with Crippen molar-refractivity contribution in [2.75, 3.05) is 0 Å². The van der Waals surface area contributed by atoms with E-state index in [1.807, 2.05) is 6.07 Å². The number of hydrogen-bond acceptors (Lipinski definition) is 2. The lowest BCUT2D eigenvalue weighted by atomic mass is 10.0. The first-order chi connectivity index (χ1) is 8.22. The van der Waals surface area contributed by atoms with Gasteiger partial charge in [0.2, 0.25) is 0 Å². The van der Waals surface area contributed by atoms with Gasteiger partial charge in [0.15, 0.2) is 0 Å². The molecule has 1 saturated carbocycles. The Kier molecular flexibility index (Phi) is 1.91. The summed E-state index contributed by atoms with van der Waals surface area (Å²) in [7, 11) is 0. The fourth-order valence-electron chi connectivity index (χ4n) is 3.61. The molecule has 2 bridgehead atoms. The lowest BCUT2D eigenvalue weighted by Gasteiger charge is -2.34. The zero-order valence-corrected chi connectivity index (χ0v) is 10.7. The van der Waals surface area contributed by atoms with Gasteiger partial charge in [-0.3, -0.25) is 0 Å². The van der Waals surface area contributed by atoms with E-state index in [-0.39, 0.29) is 0 Å². The van der Waals surface area contributed by atoms with E-state index in [1.54, 1.807) is 0 Å². The molecular weight excluding hydrogens is 232 g/mol.